The average molecular weight is 303 g/mol. The zero-order chi connectivity index (χ0) is 15.5. The van der Waals surface area contributed by atoms with E-state index in [0.29, 0.717) is 19.5 Å². The number of alkyl halides is 3. The van der Waals surface area contributed by atoms with Gasteiger partial charge < -0.3 is 9.84 Å². The van der Waals surface area contributed by atoms with Gasteiger partial charge in [-0.2, -0.15) is 13.2 Å². The Morgan fingerprint density at radius 1 is 1.43 bits per heavy atom. The summed E-state index contributed by atoms with van der Waals surface area (Å²) in [5.41, 5.74) is 0.739. The van der Waals surface area contributed by atoms with Crippen molar-refractivity contribution in [1.82, 2.24) is 4.90 Å². The fraction of sp³-hybridized carbons (Fsp3) is 0.500. The lowest BCUT2D eigenvalue weighted by atomic mass is 10.1. The average Bonchev–Trinajstić information content (AvgIpc) is 2.84. The monoisotopic (exact) mass is 303 g/mol. The van der Waals surface area contributed by atoms with E-state index in [9.17, 15) is 18.0 Å². The van der Waals surface area contributed by atoms with Gasteiger partial charge in [0, 0.05) is 6.54 Å². The molecule has 0 unspecified atom stereocenters. The highest BCUT2D eigenvalue weighted by Gasteiger charge is 2.30. The van der Waals surface area contributed by atoms with E-state index in [2.05, 4.69) is 0 Å². The van der Waals surface area contributed by atoms with Crippen LogP contribution in [0.3, 0.4) is 0 Å². The van der Waals surface area contributed by atoms with Gasteiger partial charge in [-0.3, -0.25) is 9.69 Å². The molecule has 1 aliphatic rings. The number of likely N-dealkylation sites (tertiary alicyclic amines) is 1. The quantitative estimate of drug-likeness (QED) is 0.908. The molecule has 1 saturated heterocycles. The zero-order valence-corrected chi connectivity index (χ0v) is 11.3. The molecule has 1 heterocycles. The standard InChI is InChI=1S/C14H16F3NO3/c15-14(16,17)9-21-11-4-1-3-10(7-11)8-18-6-2-5-12(18)13(19)20/h1,3-4,7,12H,2,5-6,8-9H2,(H,19,20)/t12-/m1/s1. The maximum atomic E-state index is 12.1. The van der Waals surface area contributed by atoms with Crippen LogP contribution in [0.25, 0.3) is 0 Å². The molecule has 1 fully saturated rings. The van der Waals surface area contributed by atoms with E-state index in [1.807, 2.05) is 4.90 Å². The van der Waals surface area contributed by atoms with Crippen LogP contribution in [-0.2, 0) is 11.3 Å². The molecule has 7 heteroatoms. The molecule has 21 heavy (non-hydrogen) atoms. The normalized spacial score (nSPS) is 19.7. The maximum absolute atomic E-state index is 12.1. The number of halogens is 3. The smallest absolute Gasteiger partial charge is 0.422 e. The Kier molecular flexibility index (Phi) is 4.72. The van der Waals surface area contributed by atoms with Crippen molar-refractivity contribution < 1.29 is 27.8 Å². The molecule has 0 radical (unpaired) electrons. The third kappa shape index (κ3) is 4.63. The third-order valence-electron chi connectivity index (χ3n) is 3.34. The molecule has 1 aromatic carbocycles. The highest BCUT2D eigenvalue weighted by Crippen LogP contribution is 2.23. The van der Waals surface area contributed by atoms with Gasteiger partial charge in [0.05, 0.1) is 0 Å². The summed E-state index contributed by atoms with van der Waals surface area (Å²) in [6.45, 7) is -0.275. The van der Waals surface area contributed by atoms with Gasteiger partial charge in [-0.15, -0.1) is 0 Å². The van der Waals surface area contributed by atoms with E-state index in [1.165, 1.54) is 12.1 Å². The lowest BCUT2D eigenvalue weighted by Crippen LogP contribution is -2.35. The topological polar surface area (TPSA) is 49.8 Å². The molecule has 0 spiro atoms. The predicted octanol–water partition coefficient (Wildman–Crippen LogP) is 2.68. The molecule has 1 atom stereocenters. The first-order valence-electron chi connectivity index (χ1n) is 6.60. The van der Waals surface area contributed by atoms with Crippen LogP contribution in [-0.4, -0.2) is 41.3 Å². The fourth-order valence-corrected chi connectivity index (χ4v) is 2.43. The van der Waals surface area contributed by atoms with Gasteiger partial charge in [0.2, 0.25) is 0 Å². The predicted molar refractivity (Wildman–Crippen MR) is 69.1 cm³/mol. The molecule has 0 aromatic heterocycles. The summed E-state index contributed by atoms with van der Waals surface area (Å²) in [5, 5.41) is 9.10. The first kappa shape index (κ1) is 15.6. The van der Waals surface area contributed by atoms with Crippen molar-refractivity contribution in [1.29, 1.82) is 0 Å². The van der Waals surface area contributed by atoms with Crippen LogP contribution in [0.4, 0.5) is 13.2 Å². The summed E-state index contributed by atoms with van der Waals surface area (Å²) in [6.07, 6.45) is -2.97. The van der Waals surface area contributed by atoms with Gasteiger partial charge >= 0.3 is 12.1 Å². The lowest BCUT2D eigenvalue weighted by Gasteiger charge is -2.21. The molecule has 0 amide bonds. The van der Waals surface area contributed by atoms with Crippen LogP contribution in [0, 0.1) is 0 Å². The largest absolute Gasteiger partial charge is 0.484 e. The van der Waals surface area contributed by atoms with Gasteiger partial charge in [0.25, 0.3) is 0 Å². The van der Waals surface area contributed by atoms with E-state index in [4.69, 9.17) is 9.84 Å². The molecule has 4 nitrogen and oxygen atoms in total. The molecule has 2 rings (SSSR count). The van der Waals surface area contributed by atoms with Crippen LogP contribution < -0.4 is 4.74 Å². The van der Waals surface area contributed by atoms with Crippen LogP contribution >= 0.6 is 0 Å². The molecule has 0 bridgehead atoms. The van der Waals surface area contributed by atoms with Crippen LogP contribution in [0.5, 0.6) is 5.75 Å². The van der Waals surface area contributed by atoms with Gasteiger partial charge in [-0.05, 0) is 37.1 Å². The molecular formula is C14H16F3NO3. The number of rotatable bonds is 5. The first-order chi connectivity index (χ1) is 9.85. The molecule has 0 saturated carbocycles. The molecule has 116 valence electrons. The summed E-state index contributed by atoms with van der Waals surface area (Å²) in [6, 6.07) is 5.80. The van der Waals surface area contributed by atoms with Crippen molar-refractivity contribution in [2.45, 2.75) is 31.6 Å². The maximum Gasteiger partial charge on any atom is 0.422 e. The van der Waals surface area contributed by atoms with E-state index >= 15 is 0 Å². The molecular weight excluding hydrogens is 287 g/mol. The Balaban J connectivity index is 1.99. The summed E-state index contributed by atoms with van der Waals surface area (Å²) in [4.78, 5) is 12.9. The second kappa shape index (κ2) is 6.34. The van der Waals surface area contributed by atoms with E-state index in [1.54, 1.807) is 12.1 Å². The number of nitrogens with zero attached hydrogens (tertiary/aromatic N) is 1. The minimum absolute atomic E-state index is 0.135. The number of hydrogen-bond acceptors (Lipinski definition) is 3. The minimum atomic E-state index is -4.38. The van der Waals surface area contributed by atoms with Crippen LogP contribution in [0.1, 0.15) is 18.4 Å². The van der Waals surface area contributed by atoms with Crippen LogP contribution in [0.15, 0.2) is 24.3 Å². The minimum Gasteiger partial charge on any atom is -0.484 e. The van der Waals surface area contributed by atoms with E-state index in [0.717, 1.165) is 12.0 Å². The number of carboxylic acid groups (broad SMARTS) is 1. The molecule has 1 aromatic rings. The van der Waals surface area contributed by atoms with Crippen molar-refractivity contribution in [2.24, 2.45) is 0 Å². The van der Waals surface area contributed by atoms with Crippen molar-refractivity contribution in [2.75, 3.05) is 13.2 Å². The zero-order valence-electron chi connectivity index (χ0n) is 11.3. The van der Waals surface area contributed by atoms with Crippen molar-refractivity contribution in [3.05, 3.63) is 29.8 Å². The molecule has 1 aliphatic heterocycles. The Hall–Kier alpha value is -1.76. The van der Waals surface area contributed by atoms with Gasteiger partial charge in [0.1, 0.15) is 11.8 Å². The molecule has 1 N–H and O–H groups in total. The summed E-state index contributed by atoms with van der Waals surface area (Å²) in [7, 11) is 0. The van der Waals surface area contributed by atoms with E-state index in [-0.39, 0.29) is 5.75 Å². The number of carboxylic acids is 1. The Labute approximate surface area is 120 Å². The highest BCUT2D eigenvalue weighted by molar-refractivity contribution is 5.73. The fourth-order valence-electron chi connectivity index (χ4n) is 2.43. The third-order valence-corrected chi connectivity index (χ3v) is 3.34. The van der Waals surface area contributed by atoms with Gasteiger partial charge in [-0.1, -0.05) is 12.1 Å². The van der Waals surface area contributed by atoms with Gasteiger partial charge in [0.15, 0.2) is 6.61 Å². The number of benzene rings is 1. The number of hydrogen-bond donors (Lipinski definition) is 1. The van der Waals surface area contributed by atoms with Gasteiger partial charge in [-0.25, -0.2) is 0 Å². The first-order valence-corrected chi connectivity index (χ1v) is 6.60. The van der Waals surface area contributed by atoms with Crippen molar-refractivity contribution in [3.8, 4) is 5.75 Å². The van der Waals surface area contributed by atoms with E-state index < -0.39 is 24.8 Å². The Morgan fingerprint density at radius 3 is 2.86 bits per heavy atom. The Morgan fingerprint density at radius 2 is 2.19 bits per heavy atom. The SMILES string of the molecule is O=C(O)[C@H]1CCCN1Cc1cccc(OCC(F)(F)F)c1. The van der Waals surface area contributed by atoms with Crippen molar-refractivity contribution >= 4 is 5.97 Å². The highest BCUT2D eigenvalue weighted by atomic mass is 19.4. The molecule has 0 aliphatic carbocycles. The summed E-state index contributed by atoms with van der Waals surface area (Å²) < 4.78 is 41.0. The van der Waals surface area contributed by atoms with Crippen molar-refractivity contribution in [3.63, 3.8) is 0 Å². The lowest BCUT2D eigenvalue weighted by molar-refractivity contribution is -0.153. The summed E-state index contributed by atoms with van der Waals surface area (Å²) in [5.74, 6) is -0.729. The second-order valence-electron chi connectivity index (χ2n) is 5.02. The number of aliphatic carboxylic acids is 1. The number of carbonyl (C=O) groups is 1. The summed E-state index contributed by atoms with van der Waals surface area (Å²) >= 11 is 0. The Bertz CT molecular complexity index is 504. The van der Waals surface area contributed by atoms with Crippen LogP contribution in [0.2, 0.25) is 0 Å². The second-order valence-corrected chi connectivity index (χ2v) is 5.02. The number of ether oxygens (including phenoxy) is 1.